The topological polar surface area (TPSA) is 62.4 Å². The molecule has 1 aromatic carbocycles. The van der Waals surface area contributed by atoms with Crippen molar-refractivity contribution in [3.63, 3.8) is 0 Å². The summed E-state index contributed by atoms with van der Waals surface area (Å²) >= 11 is 0. The van der Waals surface area contributed by atoms with E-state index in [-0.39, 0.29) is 12.1 Å². The molecule has 0 radical (unpaired) electrons. The van der Waals surface area contributed by atoms with Crippen molar-refractivity contribution in [2.75, 3.05) is 13.1 Å². The van der Waals surface area contributed by atoms with Gasteiger partial charge in [-0.25, -0.2) is 0 Å². The molecular weight excluding hydrogens is 266 g/mol. The van der Waals surface area contributed by atoms with Crippen LogP contribution in [0, 0.1) is 6.92 Å². The fraction of sp³-hybridized carbons (Fsp3) is 0.375. The number of hydrogen-bond acceptors (Lipinski definition) is 5. The predicted molar refractivity (Wildman–Crippen MR) is 79.4 cm³/mol. The Labute approximate surface area is 123 Å². The molecule has 2 aromatic rings. The van der Waals surface area contributed by atoms with Gasteiger partial charge in [0.05, 0.1) is 12.1 Å². The van der Waals surface area contributed by atoms with Crippen LogP contribution in [0.1, 0.15) is 29.7 Å². The molecule has 5 nitrogen and oxygen atoms in total. The summed E-state index contributed by atoms with van der Waals surface area (Å²) in [6, 6.07) is 10.2. The maximum atomic E-state index is 9.90. The van der Waals surface area contributed by atoms with E-state index in [1.54, 1.807) is 6.92 Å². The number of nitrogens with zero attached hydrogens (tertiary/aromatic N) is 3. The third-order valence-corrected chi connectivity index (χ3v) is 3.66. The van der Waals surface area contributed by atoms with Gasteiger partial charge in [0.25, 0.3) is 0 Å². The van der Waals surface area contributed by atoms with Crippen LogP contribution in [0.5, 0.6) is 0 Å². The van der Waals surface area contributed by atoms with Gasteiger partial charge in [0.15, 0.2) is 5.82 Å². The summed E-state index contributed by atoms with van der Waals surface area (Å²) < 4.78 is 5.25. The molecule has 3 rings (SSSR count). The minimum absolute atomic E-state index is 0.00150. The lowest BCUT2D eigenvalue weighted by Gasteiger charge is -2.18. The summed E-state index contributed by atoms with van der Waals surface area (Å²) in [5.41, 5.74) is 1.17. The molecule has 1 aromatic heterocycles. The highest BCUT2D eigenvalue weighted by atomic mass is 16.5. The largest absolute Gasteiger partial charge is 0.392 e. The first-order valence-corrected chi connectivity index (χ1v) is 7.16. The molecule has 5 heteroatoms. The Balaban J connectivity index is 1.67. The molecule has 0 spiro atoms. The zero-order valence-electron chi connectivity index (χ0n) is 12.0. The second kappa shape index (κ2) is 6.20. The lowest BCUT2D eigenvalue weighted by molar-refractivity contribution is 0.178. The van der Waals surface area contributed by atoms with Crippen molar-refractivity contribution < 1.29 is 9.63 Å². The number of β-amino-alcohol motifs (C(OH)–C–C–N with tert-alkyl or cyclic N) is 1. The van der Waals surface area contributed by atoms with E-state index in [2.05, 4.69) is 39.3 Å². The summed E-state index contributed by atoms with van der Waals surface area (Å²) in [5, 5.41) is 13.7. The van der Waals surface area contributed by atoms with Crippen molar-refractivity contribution in [3.8, 4) is 0 Å². The molecule has 2 heterocycles. The number of likely N-dealkylation sites (tertiary alicyclic amines) is 1. The number of aliphatic hydroxyl groups is 1. The minimum Gasteiger partial charge on any atom is -0.392 e. The van der Waals surface area contributed by atoms with E-state index in [0.29, 0.717) is 24.7 Å². The molecule has 1 fully saturated rings. The van der Waals surface area contributed by atoms with E-state index in [9.17, 15) is 5.11 Å². The van der Waals surface area contributed by atoms with Gasteiger partial charge in [-0.1, -0.05) is 47.6 Å². The van der Waals surface area contributed by atoms with Gasteiger partial charge in [-0.05, 0) is 18.9 Å². The Bertz CT molecular complexity index is 609. The smallest absolute Gasteiger partial charge is 0.244 e. The summed E-state index contributed by atoms with van der Waals surface area (Å²) in [7, 11) is 0. The van der Waals surface area contributed by atoms with Crippen LogP contribution in [0.4, 0.5) is 0 Å². The fourth-order valence-corrected chi connectivity index (χ4v) is 2.67. The summed E-state index contributed by atoms with van der Waals surface area (Å²) in [5.74, 6) is 1.23. The summed E-state index contributed by atoms with van der Waals surface area (Å²) in [6.07, 6.45) is 4.48. The van der Waals surface area contributed by atoms with Crippen molar-refractivity contribution in [2.45, 2.75) is 25.5 Å². The number of aliphatic hydroxyl groups excluding tert-OH is 1. The van der Waals surface area contributed by atoms with Crippen LogP contribution in [0.3, 0.4) is 0 Å². The zero-order valence-corrected chi connectivity index (χ0v) is 12.0. The second-order valence-electron chi connectivity index (χ2n) is 5.35. The quantitative estimate of drug-likeness (QED) is 0.933. The Morgan fingerprint density at radius 2 is 2.19 bits per heavy atom. The molecule has 1 N–H and O–H groups in total. The highest BCUT2D eigenvalue weighted by Crippen LogP contribution is 2.30. The van der Waals surface area contributed by atoms with Crippen LogP contribution in [0.25, 0.3) is 6.08 Å². The number of aromatic nitrogens is 2. The van der Waals surface area contributed by atoms with E-state index in [1.807, 2.05) is 18.2 Å². The molecule has 1 saturated heterocycles. The summed E-state index contributed by atoms with van der Waals surface area (Å²) in [4.78, 5) is 6.45. The van der Waals surface area contributed by atoms with Crippen LogP contribution in [0.15, 0.2) is 40.9 Å². The normalized spacial score (nSPS) is 23.1. The van der Waals surface area contributed by atoms with Crippen molar-refractivity contribution in [1.82, 2.24) is 15.0 Å². The molecule has 0 bridgehead atoms. The van der Waals surface area contributed by atoms with Gasteiger partial charge in [0.1, 0.15) is 0 Å². The molecule has 110 valence electrons. The number of aryl methyl sites for hydroxylation is 1. The highest BCUT2D eigenvalue weighted by Gasteiger charge is 2.34. The SMILES string of the molecule is Cc1noc([C@H]2C[C@@H](O)CN2CC=Cc2ccccc2)n1. The third kappa shape index (κ3) is 3.37. The minimum atomic E-state index is -0.340. The Kier molecular flexibility index (Phi) is 4.13. The van der Waals surface area contributed by atoms with E-state index in [1.165, 1.54) is 5.56 Å². The molecule has 0 amide bonds. The number of benzene rings is 1. The van der Waals surface area contributed by atoms with Crippen LogP contribution in [0.2, 0.25) is 0 Å². The maximum absolute atomic E-state index is 9.90. The molecule has 1 aliphatic rings. The van der Waals surface area contributed by atoms with Crippen molar-refractivity contribution in [1.29, 1.82) is 0 Å². The van der Waals surface area contributed by atoms with Gasteiger partial charge in [-0.2, -0.15) is 4.98 Å². The van der Waals surface area contributed by atoms with Gasteiger partial charge in [-0.15, -0.1) is 0 Å². The third-order valence-electron chi connectivity index (χ3n) is 3.66. The van der Waals surface area contributed by atoms with Gasteiger partial charge in [0.2, 0.25) is 5.89 Å². The van der Waals surface area contributed by atoms with E-state index in [4.69, 9.17) is 4.52 Å². The van der Waals surface area contributed by atoms with E-state index >= 15 is 0 Å². The molecule has 1 aliphatic heterocycles. The average Bonchev–Trinajstić information content (AvgIpc) is 3.06. The van der Waals surface area contributed by atoms with Crippen molar-refractivity contribution >= 4 is 6.08 Å². The molecule has 2 atom stereocenters. The van der Waals surface area contributed by atoms with E-state index < -0.39 is 0 Å². The second-order valence-corrected chi connectivity index (χ2v) is 5.35. The number of hydrogen-bond donors (Lipinski definition) is 1. The van der Waals surface area contributed by atoms with Crippen molar-refractivity contribution in [2.24, 2.45) is 0 Å². The van der Waals surface area contributed by atoms with Crippen molar-refractivity contribution in [3.05, 3.63) is 53.7 Å². The predicted octanol–water partition coefficient (Wildman–Crippen LogP) is 2.20. The molecule has 0 saturated carbocycles. The lowest BCUT2D eigenvalue weighted by atomic mass is 10.2. The monoisotopic (exact) mass is 285 g/mol. The molecular formula is C16H19N3O2. The standard InChI is InChI=1S/C16H19N3O2/c1-12-17-16(21-18-12)15-10-14(20)11-19(15)9-5-8-13-6-3-2-4-7-13/h2-8,14-15,20H,9-11H2,1H3/t14-,15-/m1/s1. The zero-order chi connectivity index (χ0) is 14.7. The molecule has 0 aliphatic carbocycles. The Morgan fingerprint density at radius 1 is 1.38 bits per heavy atom. The lowest BCUT2D eigenvalue weighted by Crippen LogP contribution is -2.25. The van der Waals surface area contributed by atoms with Gasteiger partial charge < -0.3 is 9.63 Å². The van der Waals surface area contributed by atoms with E-state index in [0.717, 1.165) is 6.54 Å². The van der Waals surface area contributed by atoms with Crippen LogP contribution in [-0.4, -0.2) is 39.3 Å². The molecule has 21 heavy (non-hydrogen) atoms. The summed E-state index contributed by atoms with van der Waals surface area (Å²) in [6.45, 7) is 3.18. The first kappa shape index (κ1) is 14.0. The van der Waals surface area contributed by atoms with Crippen LogP contribution >= 0.6 is 0 Å². The Hall–Kier alpha value is -1.98. The number of rotatable bonds is 4. The first-order valence-electron chi connectivity index (χ1n) is 7.16. The first-order chi connectivity index (χ1) is 10.2. The molecule has 0 unspecified atom stereocenters. The van der Waals surface area contributed by atoms with Crippen LogP contribution in [-0.2, 0) is 0 Å². The highest BCUT2D eigenvalue weighted by molar-refractivity contribution is 5.48. The average molecular weight is 285 g/mol. The van der Waals surface area contributed by atoms with Gasteiger partial charge in [-0.3, -0.25) is 4.90 Å². The van der Waals surface area contributed by atoms with Gasteiger partial charge >= 0.3 is 0 Å². The Morgan fingerprint density at radius 3 is 2.90 bits per heavy atom. The fourth-order valence-electron chi connectivity index (χ4n) is 2.67. The van der Waals surface area contributed by atoms with Gasteiger partial charge in [0, 0.05) is 13.1 Å². The maximum Gasteiger partial charge on any atom is 0.244 e. The van der Waals surface area contributed by atoms with Crippen LogP contribution < -0.4 is 0 Å².